The molecule has 1 aromatic carbocycles. The maximum atomic E-state index is 12.2. The second kappa shape index (κ2) is 9.12. The fraction of sp³-hybridized carbons (Fsp3) is 0.0952. The summed E-state index contributed by atoms with van der Waals surface area (Å²) < 4.78 is 10.9. The number of nitrogens with zero attached hydrogens (tertiary/aromatic N) is 2. The largest absolute Gasteiger partial charge is 0.457 e. The fourth-order valence-corrected chi connectivity index (χ4v) is 2.45. The predicted octanol–water partition coefficient (Wildman–Crippen LogP) is 4.26. The lowest BCUT2D eigenvalue weighted by Gasteiger charge is -2.13. The highest BCUT2D eigenvalue weighted by atomic mass is 35.5. The number of aromatic nitrogens is 2. The lowest BCUT2D eigenvalue weighted by Crippen LogP contribution is -2.14. The molecular formula is C21H17ClN2O4. The van der Waals surface area contributed by atoms with Crippen molar-refractivity contribution in [3.8, 4) is 11.6 Å². The number of benzene rings is 1. The summed E-state index contributed by atoms with van der Waals surface area (Å²) in [7, 11) is 0. The normalized spacial score (nSPS) is 11.5. The van der Waals surface area contributed by atoms with Gasteiger partial charge < -0.3 is 14.6 Å². The molecule has 0 aliphatic rings. The van der Waals surface area contributed by atoms with Crippen molar-refractivity contribution in [1.29, 1.82) is 0 Å². The van der Waals surface area contributed by atoms with E-state index in [0.717, 1.165) is 0 Å². The Morgan fingerprint density at radius 1 is 1.18 bits per heavy atom. The number of rotatable bonds is 7. The van der Waals surface area contributed by atoms with E-state index in [1.54, 1.807) is 54.7 Å². The maximum absolute atomic E-state index is 12.2. The van der Waals surface area contributed by atoms with Crippen molar-refractivity contribution in [2.24, 2.45) is 0 Å². The molecule has 2 aromatic heterocycles. The Morgan fingerprint density at radius 2 is 2.04 bits per heavy atom. The van der Waals surface area contributed by atoms with Crippen molar-refractivity contribution < 1.29 is 19.4 Å². The third-order valence-electron chi connectivity index (χ3n) is 3.78. The Hall–Kier alpha value is -3.22. The molecule has 0 bridgehead atoms. The highest BCUT2D eigenvalue weighted by Crippen LogP contribution is 2.23. The van der Waals surface area contributed by atoms with Gasteiger partial charge in [-0.05, 0) is 29.8 Å². The van der Waals surface area contributed by atoms with E-state index in [9.17, 15) is 9.90 Å². The summed E-state index contributed by atoms with van der Waals surface area (Å²) in [6.45, 7) is 3.63. The number of pyridine rings is 2. The van der Waals surface area contributed by atoms with Gasteiger partial charge >= 0.3 is 5.97 Å². The Bertz CT molecular complexity index is 962. The van der Waals surface area contributed by atoms with Gasteiger partial charge in [0, 0.05) is 30.2 Å². The van der Waals surface area contributed by atoms with E-state index in [2.05, 4.69) is 16.5 Å². The third-order valence-corrected chi connectivity index (χ3v) is 4.01. The van der Waals surface area contributed by atoms with Crippen LogP contribution in [-0.2, 0) is 16.1 Å². The first-order valence-electron chi connectivity index (χ1n) is 8.35. The van der Waals surface area contributed by atoms with Gasteiger partial charge in [0.1, 0.15) is 18.5 Å². The van der Waals surface area contributed by atoms with Crippen LogP contribution in [0.1, 0.15) is 17.2 Å². The Balaban J connectivity index is 1.59. The molecule has 0 spiro atoms. The molecule has 0 saturated heterocycles. The molecule has 7 heteroatoms. The van der Waals surface area contributed by atoms with Gasteiger partial charge in [-0.3, -0.25) is 4.98 Å². The molecule has 2 heterocycles. The minimum Gasteiger partial charge on any atom is -0.457 e. The van der Waals surface area contributed by atoms with E-state index < -0.39 is 12.1 Å². The maximum Gasteiger partial charge on any atom is 0.336 e. The van der Waals surface area contributed by atoms with Crippen LogP contribution in [0.5, 0.6) is 11.6 Å². The second-order valence-corrected chi connectivity index (χ2v) is 6.29. The Morgan fingerprint density at radius 3 is 2.75 bits per heavy atom. The van der Waals surface area contributed by atoms with Crippen LogP contribution in [-0.4, -0.2) is 21.0 Å². The van der Waals surface area contributed by atoms with Gasteiger partial charge in [0.25, 0.3) is 0 Å². The van der Waals surface area contributed by atoms with Gasteiger partial charge in [0.2, 0.25) is 5.88 Å². The number of hydrogen-bond acceptors (Lipinski definition) is 6. The predicted molar refractivity (Wildman–Crippen MR) is 104 cm³/mol. The molecule has 0 aliphatic carbocycles. The quantitative estimate of drug-likeness (QED) is 0.474. The van der Waals surface area contributed by atoms with Gasteiger partial charge in [-0.25, -0.2) is 9.78 Å². The molecular weight excluding hydrogens is 380 g/mol. The number of carbonyl (C=O) groups excluding carboxylic acids is 1. The minimum absolute atomic E-state index is 0.00284. The monoisotopic (exact) mass is 396 g/mol. The highest BCUT2D eigenvalue weighted by molar-refractivity contribution is 6.30. The van der Waals surface area contributed by atoms with E-state index in [1.807, 2.05) is 0 Å². The zero-order chi connectivity index (χ0) is 19.9. The van der Waals surface area contributed by atoms with E-state index >= 15 is 0 Å². The molecule has 1 unspecified atom stereocenters. The lowest BCUT2D eigenvalue weighted by molar-refractivity contribution is -0.141. The number of esters is 1. The van der Waals surface area contributed by atoms with Gasteiger partial charge in [0.15, 0.2) is 0 Å². The van der Waals surface area contributed by atoms with Gasteiger partial charge in [-0.1, -0.05) is 36.4 Å². The van der Waals surface area contributed by atoms with E-state index in [1.165, 1.54) is 12.4 Å². The zero-order valence-electron chi connectivity index (χ0n) is 14.8. The first-order valence-corrected chi connectivity index (χ1v) is 8.73. The molecule has 3 rings (SSSR count). The van der Waals surface area contributed by atoms with Crippen LogP contribution in [0.3, 0.4) is 0 Å². The summed E-state index contributed by atoms with van der Waals surface area (Å²) in [5.41, 5.74) is 1.12. The van der Waals surface area contributed by atoms with Crippen molar-refractivity contribution in [2.45, 2.75) is 12.7 Å². The summed E-state index contributed by atoms with van der Waals surface area (Å²) in [5, 5.41) is 10.7. The van der Waals surface area contributed by atoms with Crippen LogP contribution in [0.2, 0.25) is 5.02 Å². The molecule has 0 amide bonds. The number of hydrogen-bond donors (Lipinski definition) is 1. The number of aliphatic hydroxyl groups is 1. The van der Waals surface area contributed by atoms with Crippen LogP contribution in [0.25, 0.3) is 0 Å². The Kier molecular flexibility index (Phi) is 6.37. The van der Waals surface area contributed by atoms with E-state index in [4.69, 9.17) is 21.1 Å². The van der Waals surface area contributed by atoms with Crippen molar-refractivity contribution >= 4 is 17.6 Å². The summed E-state index contributed by atoms with van der Waals surface area (Å²) in [6.07, 6.45) is 3.36. The average molecular weight is 397 g/mol. The summed E-state index contributed by atoms with van der Waals surface area (Å²) in [5.74, 6) is 0.242. The zero-order valence-corrected chi connectivity index (χ0v) is 15.5. The molecule has 0 fully saturated rings. The molecule has 28 heavy (non-hydrogen) atoms. The number of carbonyl (C=O) groups is 1. The fourth-order valence-electron chi connectivity index (χ4n) is 2.33. The molecule has 142 valence electrons. The Labute approximate surface area is 167 Å². The van der Waals surface area contributed by atoms with Crippen LogP contribution >= 0.6 is 11.6 Å². The first kappa shape index (κ1) is 19.5. The molecule has 0 radical (unpaired) electrons. The van der Waals surface area contributed by atoms with Crippen molar-refractivity contribution in [2.75, 3.05) is 0 Å². The van der Waals surface area contributed by atoms with Gasteiger partial charge in [-0.2, -0.15) is 0 Å². The van der Waals surface area contributed by atoms with Gasteiger partial charge in [0.05, 0.1) is 10.6 Å². The third kappa shape index (κ3) is 5.16. The summed E-state index contributed by atoms with van der Waals surface area (Å²) in [6, 6.07) is 13.7. The highest BCUT2D eigenvalue weighted by Gasteiger charge is 2.20. The number of halogens is 1. The molecule has 0 saturated carbocycles. The SMILES string of the molecule is C=C(C(=O)OCc1cccc(Oc2ccc(Cl)cn2)c1)C(O)c1cccnc1. The lowest BCUT2D eigenvalue weighted by atomic mass is 10.1. The van der Waals surface area contributed by atoms with Gasteiger partial charge in [-0.15, -0.1) is 0 Å². The average Bonchev–Trinajstić information content (AvgIpc) is 2.73. The summed E-state index contributed by atoms with van der Waals surface area (Å²) in [4.78, 5) is 20.2. The molecule has 1 atom stereocenters. The molecule has 1 N–H and O–H groups in total. The summed E-state index contributed by atoms with van der Waals surface area (Å²) >= 11 is 5.80. The molecule has 6 nitrogen and oxygen atoms in total. The van der Waals surface area contributed by atoms with E-state index in [-0.39, 0.29) is 12.2 Å². The second-order valence-electron chi connectivity index (χ2n) is 5.85. The topological polar surface area (TPSA) is 81.5 Å². The van der Waals surface area contributed by atoms with Crippen molar-refractivity contribution in [3.63, 3.8) is 0 Å². The van der Waals surface area contributed by atoms with Crippen molar-refractivity contribution in [1.82, 2.24) is 9.97 Å². The van der Waals surface area contributed by atoms with Crippen LogP contribution in [0.4, 0.5) is 0 Å². The number of aliphatic hydroxyl groups excluding tert-OH is 1. The van der Waals surface area contributed by atoms with Crippen LogP contribution in [0.15, 0.2) is 79.3 Å². The standard InChI is InChI=1S/C21H17ClN2O4/c1-14(20(25)16-5-3-9-23-11-16)21(26)27-13-15-4-2-6-18(10-15)28-19-8-7-17(22)12-24-19/h2-12,20,25H,1,13H2. The van der Waals surface area contributed by atoms with Crippen molar-refractivity contribution in [3.05, 3.63) is 95.4 Å². The van der Waals surface area contributed by atoms with E-state index in [0.29, 0.717) is 27.8 Å². The minimum atomic E-state index is -1.17. The molecule has 0 aliphatic heterocycles. The van der Waals surface area contributed by atoms with Crippen LogP contribution < -0.4 is 4.74 Å². The first-order chi connectivity index (χ1) is 13.5. The van der Waals surface area contributed by atoms with Crippen LogP contribution in [0, 0.1) is 0 Å². The smallest absolute Gasteiger partial charge is 0.336 e. The molecule has 3 aromatic rings. The number of ether oxygens (including phenoxy) is 2.